The summed E-state index contributed by atoms with van der Waals surface area (Å²) >= 11 is 0. The number of imidazole rings is 1. The van der Waals surface area contributed by atoms with Gasteiger partial charge in [-0.1, -0.05) is 0 Å². The number of methoxy groups -OCH3 is 1. The van der Waals surface area contributed by atoms with Crippen LogP contribution < -0.4 is 14.9 Å². The van der Waals surface area contributed by atoms with Gasteiger partial charge in [0, 0.05) is 31.1 Å². The van der Waals surface area contributed by atoms with Crippen LogP contribution in [0.3, 0.4) is 0 Å². The molecule has 1 atom stereocenters. The van der Waals surface area contributed by atoms with E-state index in [1.165, 1.54) is 0 Å². The zero-order valence-corrected chi connectivity index (χ0v) is 23.3. The minimum Gasteiger partial charge on any atom is -0.497 e. The van der Waals surface area contributed by atoms with Gasteiger partial charge in [-0.3, -0.25) is 0 Å². The Hall–Kier alpha value is -4.21. The van der Waals surface area contributed by atoms with Crippen LogP contribution in [0.25, 0.3) is 11.3 Å². The highest BCUT2D eigenvalue weighted by Gasteiger charge is 2.37. The predicted octanol–water partition coefficient (Wildman–Crippen LogP) is 5.73. The normalized spacial score (nSPS) is 17.5. The van der Waals surface area contributed by atoms with E-state index < -0.39 is 11.6 Å². The standard InChI is InChI=1S/C30H36N4O6/c1-30(2,3)40-29(37)33-17-14-19(15-18-33)24-13-16-31-34-26(28(35)36)25(32-27(24)34)20-5-7-22(8-6-20)39-23-11-9-21(38-4)10-12-23/h5-12,19,24,31H,13-18H2,1-4H3,(H,35,36). The number of likely N-dealkylation sites (tertiary alicyclic amines) is 1. The number of piperidine rings is 1. The van der Waals surface area contributed by atoms with Crippen molar-refractivity contribution in [1.29, 1.82) is 0 Å². The molecule has 1 saturated heterocycles. The van der Waals surface area contributed by atoms with E-state index in [1.807, 2.05) is 57.2 Å². The molecule has 1 aromatic heterocycles. The fourth-order valence-electron chi connectivity index (χ4n) is 5.42. The molecule has 5 rings (SSSR count). The number of carbonyl (C=O) groups is 2. The summed E-state index contributed by atoms with van der Waals surface area (Å²) in [5.74, 6) is 2.11. The number of carboxylic acid groups (broad SMARTS) is 1. The van der Waals surface area contributed by atoms with E-state index in [0.717, 1.165) is 30.8 Å². The lowest BCUT2D eigenvalue weighted by Gasteiger charge is -2.38. The zero-order valence-electron chi connectivity index (χ0n) is 23.3. The Bertz CT molecular complexity index is 1350. The molecule has 40 heavy (non-hydrogen) atoms. The second-order valence-electron chi connectivity index (χ2n) is 11.2. The number of benzene rings is 2. The molecule has 2 aliphatic heterocycles. The summed E-state index contributed by atoms with van der Waals surface area (Å²) in [6.07, 6.45) is 2.19. The second-order valence-corrected chi connectivity index (χ2v) is 11.2. The van der Waals surface area contributed by atoms with Crippen LogP contribution in [-0.2, 0) is 4.74 Å². The minimum absolute atomic E-state index is 0.0894. The van der Waals surface area contributed by atoms with Gasteiger partial charge in [0.2, 0.25) is 0 Å². The summed E-state index contributed by atoms with van der Waals surface area (Å²) in [4.78, 5) is 31.6. The third-order valence-corrected chi connectivity index (χ3v) is 7.35. The van der Waals surface area contributed by atoms with E-state index in [4.69, 9.17) is 19.2 Å². The van der Waals surface area contributed by atoms with E-state index in [2.05, 4.69) is 5.43 Å². The molecule has 1 fully saturated rings. The number of aromatic carboxylic acids is 1. The third-order valence-electron chi connectivity index (χ3n) is 7.35. The zero-order chi connectivity index (χ0) is 28.4. The first kappa shape index (κ1) is 27.4. The number of fused-ring (bicyclic) bond motifs is 1. The maximum absolute atomic E-state index is 12.5. The predicted molar refractivity (Wildman–Crippen MR) is 150 cm³/mol. The Balaban J connectivity index is 1.34. The number of amides is 1. The van der Waals surface area contributed by atoms with Crippen LogP contribution in [-0.4, -0.2) is 64.1 Å². The largest absolute Gasteiger partial charge is 0.497 e. The highest BCUT2D eigenvalue weighted by Crippen LogP contribution is 2.39. The van der Waals surface area contributed by atoms with Gasteiger partial charge in [0.05, 0.1) is 7.11 Å². The number of ether oxygens (including phenoxy) is 3. The smallest absolute Gasteiger partial charge is 0.410 e. The number of rotatable bonds is 6. The van der Waals surface area contributed by atoms with Gasteiger partial charge in [-0.25, -0.2) is 19.2 Å². The Kier molecular flexibility index (Phi) is 7.60. The van der Waals surface area contributed by atoms with Gasteiger partial charge < -0.3 is 29.6 Å². The number of nitrogens with zero attached hydrogens (tertiary/aromatic N) is 3. The maximum atomic E-state index is 12.5. The SMILES string of the molecule is COc1ccc(Oc2ccc(-c3nc4n(c3C(=O)O)NCCC4C3CCN(C(=O)OC(C)(C)C)CC3)cc2)cc1. The van der Waals surface area contributed by atoms with Gasteiger partial charge in [-0.15, -0.1) is 0 Å². The molecule has 0 aliphatic carbocycles. The van der Waals surface area contributed by atoms with Gasteiger partial charge >= 0.3 is 12.1 Å². The number of aromatic nitrogens is 2. The summed E-state index contributed by atoms with van der Waals surface area (Å²) in [6, 6.07) is 14.6. The molecule has 1 amide bonds. The van der Waals surface area contributed by atoms with E-state index >= 15 is 0 Å². The molecule has 212 valence electrons. The highest BCUT2D eigenvalue weighted by molar-refractivity contribution is 5.93. The van der Waals surface area contributed by atoms with Gasteiger partial charge in [-0.2, -0.15) is 0 Å². The molecule has 0 bridgehead atoms. The van der Waals surface area contributed by atoms with Crippen molar-refractivity contribution in [1.82, 2.24) is 14.6 Å². The van der Waals surface area contributed by atoms with E-state index in [9.17, 15) is 14.7 Å². The maximum Gasteiger partial charge on any atom is 0.410 e. The van der Waals surface area contributed by atoms with Crippen molar-refractivity contribution in [2.24, 2.45) is 5.92 Å². The lowest BCUT2D eigenvalue weighted by molar-refractivity contribution is 0.0170. The van der Waals surface area contributed by atoms with Crippen molar-refractivity contribution in [2.45, 2.75) is 51.6 Å². The van der Waals surface area contributed by atoms with Crippen LogP contribution in [0.4, 0.5) is 4.79 Å². The van der Waals surface area contributed by atoms with Crippen molar-refractivity contribution >= 4 is 12.1 Å². The molecular formula is C30H36N4O6. The summed E-state index contributed by atoms with van der Waals surface area (Å²) in [5, 5.41) is 10.2. The van der Waals surface area contributed by atoms with Crippen LogP contribution in [0, 0.1) is 5.92 Å². The lowest BCUT2D eigenvalue weighted by Crippen LogP contribution is -2.43. The first-order valence-electron chi connectivity index (χ1n) is 13.6. The Morgan fingerprint density at radius 2 is 1.55 bits per heavy atom. The molecular weight excluding hydrogens is 512 g/mol. The molecule has 0 spiro atoms. The molecule has 3 heterocycles. The fraction of sp³-hybridized carbons (Fsp3) is 0.433. The number of hydrogen-bond acceptors (Lipinski definition) is 7. The Labute approximate surface area is 233 Å². The number of hydrogen-bond donors (Lipinski definition) is 2. The quantitative estimate of drug-likeness (QED) is 0.402. The minimum atomic E-state index is -1.04. The summed E-state index contributed by atoms with van der Waals surface area (Å²) in [6.45, 7) is 7.47. The monoisotopic (exact) mass is 548 g/mol. The van der Waals surface area contributed by atoms with Gasteiger partial charge in [0.15, 0.2) is 5.69 Å². The molecule has 2 aliphatic rings. The van der Waals surface area contributed by atoms with Crippen LogP contribution in [0.5, 0.6) is 17.2 Å². The number of carboxylic acids is 1. The molecule has 0 saturated carbocycles. The first-order chi connectivity index (χ1) is 19.1. The van der Waals surface area contributed by atoms with Crippen molar-refractivity contribution in [3.05, 3.63) is 60.0 Å². The first-order valence-corrected chi connectivity index (χ1v) is 13.6. The molecule has 1 unspecified atom stereocenters. The van der Waals surface area contributed by atoms with Crippen LogP contribution in [0.2, 0.25) is 0 Å². The van der Waals surface area contributed by atoms with Crippen LogP contribution >= 0.6 is 0 Å². The number of nitrogens with one attached hydrogen (secondary N) is 1. The van der Waals surface area contributed by atoms with Gasteiger partial charge in [0.1, 0.15) is 34.4 Å². The average molecular weight is 549 g/mol. The number of carbonyl (C=O) groups excluding carboxylic acids is 1. The van der Waals surface area contributed by atoms with E-state index in [0.29, 0.717) is 42.4 Å². The van der Waals surface area contributed by atoms with E-state index in [1.54, 1.807) is 28.8 Å². The Morgan fingerprint density at radius 1 is 0.950 bits per heavy atom. The Morgan fingerprint density at radius 3 is 2.12 bits per heavy atom. The highest BCUT2D eigenvalue weighted by atomic mass is 16.6. The van der Waals surface area contributed by atoms with Crippen molar-refractivity contribution in [3.63, 3.8) is 0 Å². The second kappa shape index (κ2) is 11.1. The van der Waals surface area contributed by atoms with Crippen molar-refractivity contribution < 1.29 is 28.9 Å². The molecule has 2 aromatic carbocycles. The summed E-state index contributed by atoms with van der Waals surface area (Å²) in [7, 11) is 1.61. The summed E-state index contributed by atoms with van der Waals surface area (Å²) < 4.78 is 18.3. The van der Waals surface area contributed by atoms with Gasteiger partial charge in [-0.05, 0) is 94.5 Å². The molecule has 2 N–H and O–H groups in total. The lowest BCUT2D eigenvalue weighted by atomic mass is 9.81. The third kappa shape index (κ3) is 5.85. The van der Waals surface area contributed by atoms with Crippen LogP contribution in [0.1, 0.15) is 62.3 Å². The molecule has 10 heteroatoms. The van der Waals surface area contributed by atoms with Crippen molar-refractivity contribution in [2.75, 3.05) is 32.2 Å². The van der Waals surface area contributed by atoms with Crippen molar-refractivity contribution in [3.8, 4) is 28.5 Å². The fourth-order valence-corrected chi connectivity index (χ4v) is 5.42. The van der Waals surface area contributed by atoms with Crippen LogP contribution in [0.15, 0.2) is 48.5 Å². The summed E-state index contributed by atoms with van der Waals surface area (Å²) in [5.41, 5.74) is 3.94. The average Bonchev–Trinajstić information content (AvgIpc) is 3.33. The van der Waals surface area contributed by atoms with E-state index in [-0.39, 0.29) is 23.6 Å². The molecule has 3 aromatic rings. The molecule has 0 radical (unpaired) electrons. The van der Waals surface area contributed by atoms with Gasteiger partial charge in [0.25, 0.3) is 0 Å². The topological polar surface area (TPSA) is 115 Å². The molecule has 10 nitrogen and oxygen atoms in total.